The Morgan fingerprint density at radius 1 is 1.32 bits per heavy atom. The van der Waals surface area contributed by atoms with E-state index in [0.29, 0.717) is 48.2 Å². The van der Waals surface area contributed by atoms with E-state index in [4.69, 9.17) is 10.5 Å². The zero-order valence-corrected chi connectivity index (χ0v) is 15.2. The van der Waals surface area contributed by atoms with Crippen molar-refractivity contribution in [1.29, 1.82) is 0 Å². The van der Waals surface area contributed by atoms with Crippen molar-refractivity contribution in [3.05, 3.63) is 40.7 Å². The molecule has 3 rings (SSSR count). The fourth-order valence-electron chi connectivity index (χ4n) is 2.70. The Kier molecular flexibility index (Phi) is 6.83. The van der Waals surface area contributed by atoms with E-state index < -0.39 is 5.41 Å². The van der Waals surface area contributed by atoms with Crippen LogP contribution in [0.3, 0.4) is 0 Å². The summed E-state index contributed by atoms with van der Waals surface area (Å²) in [5.74, 6) is -0.426. The number of nitrogens with one attached hydrogen (secondary N) is 1. The maximum absolute atomic E-state index is 13.7. The second kappa shape index (κ2) is 8.66. The summed E-state index contributed by atoms with van der Waals surface area (Å²) in [7, 11) is 0. The van der Waals surface area contributed by atoms with E-state index in [0.717, 1.165) is 0 Å². The van der Waals surface area contributed by atoms with Crippen LogP contribution in [0.1, 0.15) is 23.4 Å². The maximum atomic E-state index is 13.7. The van der Waals surface area contributed by atoms with Gasteiger partial charge in [0.2, 0.25) is 11.0 Å². The predicted octanol–water partition coefficient (Wildman–Crippen LogP) is 2.38. The SMILES string of the molecule is Cl.NCC1(C(=O)Nc2nnc(Cc3ccccc3F)s2)CCOCC1. The normalized spacial score (nSPS) is 16.1. The predicted molar refractivity (Wildman–Crippen MR) is 96.5 cm³/mol. The number of amides is 1. The molecule has 136 valence electrons. The molecule has 6 nitrogen and oxygen atoms in total. The molecule has 2 heterocycles. The summed E-state index contributed by atoms with van der Waals surface area (Å²) < 4.78 is 19.0. The zero-order valence-electron chi connectivity index (χ0n) is 13.5. The van der Waals surface area contributed by atoms with E-state index in [1.807, 2.05) is 0 Å². The smallest absolute Gasteiger partial charge is 0.233 e. The molecule has 1 amide bonds. The van der Waals surface area contributed by atoms with E-state index in [1.165, 1.54) is 17.4 Å². The number of carbonyl (C=O) groups is 1. The van der Waals surface area contributed by atoms with Gasteiger partial charge in [0, 0.05) is 26.2 Å². The van der Waals surface area contributed by atoms with Gasteiger partial charge in [0.1, 0.15) is 10.8 Å². The molecule has 0 radical (unpaired) electrons. The average Bonchev–Trinajstić information content (AvgIpc) is 3.04. The lowest BCUT2D eigenvalue weighted by atomic mass is 9.79. The van der Waals surface area contributed by atoms with Crippen molar-refractivity contribution in [2.75, 3.05) is 25.1 Å². The number of ether oxygens (including phenoxy) is 1. The molecule has 1 aromatic heterocycles. The van der Waals surface area contributed by atoms with Crippen molar-refractivity contribution in [3.63, 3.8) is 0 Å². The summed E-state index contributed by atoms with van der Waals surface area (Å²) in [4.78, 5) is 12.6. The van der Waals surface area contributed by atoms with Crippen molar-refractivity contribution in [1.82, 2.24) is 10.2 Å². The third-order valence-electron chi connectivity index (χ3n) is 4.31. The first-order valence-electron chi connectivity index (χ1n) is 7.78. The molecule has 3 N–H and O–H groups in total. The van der Waals surface area contributed by atoms with Crippen LogP contribution in [0.2, 0.25) is 0 Å². The number of nitrogens with two attached hydrogens (primary N) is 1. The molecule has 25 heavy (non-hydrogen) atoms. The molecule has 1 aliphatic rings. The van der Waals surface area contributed by atoms with Gasteiger partial charge in [0.15, 0.2) is 0 Å². The Morgan fingerprint density at radius 2 is 2.04 bits per heavy atom. The van der Waals surface area contributed by atoms with Gasteiger partial charge in [-0.05, 0) is 24.5 Å². The molecule has 0 spiro atoms. The molecule has 1 aliphatic heterocycles. The van der Waals surface area contributed by atoms with Gasteiger partial charge in [-0.15, -0.1) is 22.6 Å². The van der Waals surface area contributed by atoms with E-state index in [9.17, 15) is 9.18 Å². The van der Waals surface area contributed by atoms with E-state index in [-0.39, 0.29) is 30.7 Å². The lowest BCUT2D eigenvalue weighted by Crippen LogP contribution is -2.46. The van der Waals surface area contributed by atoms with Crippen molar-refractivity contribution in [2.24, 2.45) is 11.1 Å². The van der Waals surface area contributed by atoms with Crippen LogP contribution in [0.25, 0.3) is 0 Å². The molecule has 0 bridgehead atoms. The summed E-state index contributed by atoms with van der Waals surface area (Å²) in [5.41, 5.74) is 5.76. The van der Waals surface area contributed by atoms with Crippen molar-refractivity contribution in [3.8, 4) is 0 Å². The minimum Gasteiger partial charge on any atom is -0.381 e. The Bertz CT molecular complexity index is 722. The third kappa shape index (κ3) is 4.52. The Balaban J connectivity index is 0.00000225. The minimum absolute atomic E-state index is 0. The molecule has 1 aromatic carbocycles. The van der Waals surface area contributed by atoms with Crippen LogP contribution >= 0.6 is 23.7 Å². The van der Waals surface area contributed by atoms with Gasteiger partial charge in [-0.3, -0.25) is 10.1 Å². The van der Waals surface area contributed by atoms with E-state index >= 15 is 0 Å². The number of carbonyl (C=O) groups excluding carboxylic acids is 1. The number of aromatic nitrogens is 2. The quantitative estimate of drug-likeness (QED) is 0.823. The highest BCUT2D eigenvalue weighted by molar-refractivity contribution is 7.15. The van der Waals surface area contributed by atoms with Crippen LogP contribution in [0, 0.1) is 11.2 Å². The van der Waals surface area contributed by atoms with Gasteiger partial charge in [0.25, 0.3) is 0 Å². The molecule has 9 heteroatoms. The van der Waals surface area contributed by atoms with Crippen molar-refractivity contribution >= 4 is 34.8 Å². The fourth-order valence-corrected chi connectivity index (χ4v) is 3.45. The summed E-state index contributed by atoms with van der Waals surface area (Å²) in [6.07, 6.45) is 1.53. The highest BCUT2D eigenvalue weighted by Gasteiger charge is 2.39. The minimum atomic E-state index is -0.615. The number of halogens is 2. The van der Waals surface area contributed by atoms with Crippen LogP contribution in [-0.2, 0) is 16.0 Å². The first-order valence-corrected chi connectivity index (χ1v) is 8.60. The van der Waals surface area contributed by atoms with Crippen molar-refractivity contribution in [2.45, 2.75) is 19.3 Å². The topological polar surface area (TPSA) is 90.1 Å². The van der Waals surface area contributed by atoms with Gasteiger partial charge in [-0.25, -0.2) is 4.39 Å². The van der Waals surface area contributed by atoms with Gasteiger partial charge in [-0.1, -0.05) is 29.5 Å². The number of rotatable bonds is 5. The van der Waals surface area contributed by atoms with Gasteiger partial charge in [-0.2, -0.15) is 0 Å². The Hall–Kier alpha value is -1.61. The summed E-state index contributed by atoms with van der Waals surface area (Å²) >= 11 is 1.25. The number of nitrogens with zero attached hydrogens (tertiary/aromatic N) is 2. The molecule has 0 atom stereocenters. The highest BCUT2D eigenvalue weighted by atomic mass is 35.5. The summed E-state index contributed by atoms with van der Waals surface area (Å²) in [6.45, 7) is 1.32. The molecule has 0 saturated carbocycles. The van der Waals surface area contributed by atoms with Crippen LogP contribution in [0.5, 0.6) is 0 Å². The zero-order chi connectivity index (χ0) is 17.0. The van der Waals surface area contributed by atoms with E-state index in [2.05, 4.69) is 15.5 Å². The molecule has 2 aromatic rings. The van der Waals surface area contributed by atoms with Crippen LogP contribution in [0.4, 0.5) is 9.52 Å². The Morgan fingerprint density at radius 3 is 2.72 bits per heavy atom. The first-order chi connectivity index (χ1) is 11.6. The summed E-state index contributed by atoms with van der Waals surface area (Å²) in [6, 6.07) is 6.54. The van der Waals surface area contributed by atoms with Crippen LogP contribution in [-0.4, -0.2) is 35.9 Å². The number of hydrogen-bond acceptors (Lipinski definition) is 6. The van der Waals surface area contributed by atoms with Crippen LogP contribution in [0.15, 0.2) is 24.3 Å². The number of hydrogen-bond donors (Lipinski definition) is 2. The first kappa shape index (κ1) is 19.7. The maximum Gasteiger partial charge on any atom is 0.233 e. The lowest BCUT2D eigenvalue weighted by molar-refractivity contribution is -0.130. The second-order valence-corrected chi connectivity index (χ2v) is 6.88. The Labute approximate surface area is 155 Å². The largest absolute Gasteiger partial charge is 0.381 e. The molecular formula is C16H20ClFN4O2S. The van der Waals surface area contributed by atoms with Crippen LogP contribution < -0.4 is 11.1 Å². The van der Waals surface area contributed by atoms with Gasteiger partial charge in [0.05, 0.1) is 5.41 Å². The summed E-state index contributed by atoms with van der Waals surface area (Å²) in [5, 5.41) is 11.9. The van der Waals surface area contributed by atoms with Gasteiger partial charge < -0.3 is 10.5 Å². The highest BCUT2D eigenvalue weighted by Crippen LogP contribution is 2.31. The molecule has 0 unspecified atom stereocenters. The molecule has 1 fully saturated rings. The monoisotopic (exact) mass is 386 g/mol. The standard InChI is InChI=1S/C16H19FN4O2S.ClH/c17-12-4-2-1-3-11(12)9-13-20-21-15(24-13)19-14(22)16(10-18)5-7-23-8-6-16;/h1-4H,5-10,18H2,(H,19,21,22);1H. The van der Waals surface area contributed by atoms with E-state index in [1.54, 1.807) is 18.2 Å². The fraction of sp³-hybridized carbons (Fsp3) is 0.438. The third-order valence-corrected chi connectivity index (χ3v) is 5.15. The molecule has 1 saturated heterocycles. The number of benzene rings is 1. The lowest BCUT2D eigenvalue weighted by Gasteiger charge is -2.34. The number of anilines is 1. The van der Waals surface area contributed by atoms with Crippen molar-refractivity contribution < 1.29 is 13.9 Å². The van der Waals surface area contributed by atoms with Gasteiger partial charge >= 0.3 is 0 Å². The molecule has 0 aliphatic carbocycles. The second-order valence-electron chi connectivity index (χ2n) is 5.82. The average molecular weight is 387 g/mol. The molecular weight excluding hydrogens is 367 g/mol.